The van der Waals surface area contributed by atoms with E-state index < -0.39 is 13.7 Å². The van der Waals surface area contributed by atoms with Crippen LogP contribution in [0.5, 0.6) is 0 Å². The molecule has 0 aliphatic carbocycles. The first kappa shape index (κ1) is 13.9. The van der Waals surface area contributed by atoms with Gasteiger partial charge in [-0.2, -0.15) is 0 Å². The molecule has 16 heavy (non-hydrogen) atoms. The van der Waals surface area contributed by atoms with Crippen LogP contribution in [-0.2, 0) is 18.3 Å². The van der Waals surface area contributed by atoms with Crippen LogP contribution in [-0.4, -0.2) is 44.3 Å². The van der Waals surface area contributed by atoms with E-state index in [1.807, 2.05) is 6.08 Å². The molecule has 0 saturated carbocycles. The molecule has 1 heterocycles. The third-order valence-electron chi connectivity index (χ3n) is 2.51. The maximum atomic E-state index is 11.7. The molecule has 0 amide bonds. The first-order valence-electron chi connectivity index (χ1n) is 5.28. The van der Waals surface area contributed by atoms with Gasteiger partial charge in [-0.15, -0.1) is 0 Å². The van der Waals surface area contributed by atoms with E-state index in [4.69, 9.17) is 18.9 Å². The van der Waals surface area contributed by atoms with Gasteiger partial charge in [-0.1, -0.05) is 12.2 Å². The van der Waals surface area contributed by atoms with Crippen LogP contribution >= 0.6 is 7.60 Å². The zero-order valence-corrected chi connectivity index (χ0v) is 10.6. The van der Waals surface area contributed by atoms with Gasteiger partial charge in [0.25, 0.3) is 0 Å². The van der Waals surface area contributed by atoms with Crippen molar-refractivity contribution < 1.29 is 23.5 Å². The molecule has 6 heteroatoms. The zero-order valence-electron chi connectivity index (χ0n) is 9.67. The van der Waals surface area contributed by atoms with Crippen LogP contribution in [0.4, 0.5) is 0 Å². The molecule has 0 aromatic rings. The van der Waals surface area contributed by atoms with Crippen LogP contribution in [0.3, 0.4) is 0 Å². The van der Waals surface area contributed by atoms with E-state index in [-0.39, 0.29) is 6.10 Å². The summed E-state index contributed by atoms with van der Waals surface area (Å²) in [5, 5.41) is 9.16. The minimum atomic E-state index is -2.89. The van der Waals surface area contributed by atoms with E-state index >= 15 is 0 Å². The molecule has 1 aliphatic heterocycles. The summed E-state index contributed by atoms with van der Waals surface area (Å²) in [7, 11) is -0.117. The van der Waals surface area contributed by atoms with Crippen molar-refractivity contribution in [1.82, 2.24) is 0 Å². The fourth-order valence-electron chi connectivity index (χ4n) is 1.51. The van der Waals surface area contributed by atoms with Gasteiger partial charge in [-0.25, -0.2) is 0 Å². The van der Waals surface area contributed by atoms with Gasteiger partial charge in [0.1, 0.15) is 0 Å². The van der Waals surface area contributed by atoms with Gasteiger partial charge < -0.3 is 18.9 Å². The maximum Gasteiger partial charge on any atom is 0.330 e. The first-order valence-corrected chi connectivity index (χ1v) is 7.01. The lowest BCUT2D eigenvalue weighted by Crippen LogP contribution is -2.24. The Balaban J connectivity index is 2.25. The molecule has 94 valence electrons. The van der Waals surface area contributed by atoms with Crippen molar-refractivity contribution in [3.8, 4) is 0 Å². The van der Waals surface area contributed by atoms with Crippen molar-refractivity contribution in [2.75, 3.05) is 27.0 Å². The van der Waals surface area contributed by atoms with E-state index in [1.165, 1.54) is 14.2 Å². The maximum absolute atomic E-state index is 11.7. The Hall–Kier alpha value is -0.190. The molecule has 0 fully saturated rings. The van der Waals surface area contributed by atoms with E-state index in [9.17, 15) is 4.57 Å². The van der Waals surface area contributed by atoms with Crippen LogP contribution in [0.1, 0.15) is 12.8 Å². The monoisotopic (exact) mass is 250 g/mol. The average Bonchev–Trinajstić information content (AvgIpc) is 2.31. The van der Waals surface area contributed by atoms with Crippen molar-refractivity contribution in [2.24, 2.45) is 0 Å². The van der Waals surface area contributed by atoms with Gasteiger partial charge in [-0.05, 0) is 12.8 Å². The molecular formula is C10H19O5P. The fraction of sp³-hybridized carbons (Fsp3) is 0.800. The highest BCUT2D eigenvalue weighted by molar-refractivity contribution is 7.53. The van der Waals surface area contributed by atoms with Gasteiger partial charge >= 0.3 is 7.60 Å². The Morgan fingerprint density at radius 2 is 2.12 bits per heavy atom. The topological polar surface area (TPSA) is 65.0 Å². The first-order chi connectivity index (χ1) is 7.59. The Bertz CT molecular complexity index is 270. The fourth-order valence-corrected chi connectivity index (χ4v) is 2.59. The van der Waals surface area contributed by atoms with Crippen molar-refractivity contribution in [3.63, 3.8) is 0 Å². The molecule has 0 spiro atoms. The van der Waals surface area contributed by atoms with Crippen LogP contribution < -0.4 is 0 Å². The summed E-state index contributed by atoms with van der Waals surface area (Å²) in [5.74, 6) is 0. The minimum Gasteiger partial charge on any atom is -0.387 e. The lowest BCUT2D eigenvalue weighted by molar-refractivity contribution is 0.0117. The Labute approximate surface area is 95.9 Å². The molecule has 0 bridgehead atoms. The highest BCUT2D eigenvalue weighted by Crippen LogP contribution is 2.47. The molecule has 1 aliphatic rings. The Kier molecular flexibility index (Phi) is 5.66. The Morgan fingerprint density at radius 1 is 1.44 bits per heavy atom. The van der Waals surface area contributed by atoms with Gasteiger partial charge in [0.05, 0.1) is 25.0 Å². The summed E-state index contributed by atoms with van der Waals surface area (Å²) in [6, 6.07) is 0. The number of hydrogen-bond acceptors (Lipinski definition) is 5. The summed E-state index contributed by atoms with van der Waals surface area (Å²) in [4.78, 5) is 0. The van der Waals surface area contributed by atoms with Gasteiger partial charge in [-0.3, -0.25) is 4.57 Å². The van der Waals surface area contributed by atoms with Crippen LogP contribution in [0.25, 0.3) is 0 Å². The highest BCUT2D eigenvalue weighted by Gasteiger charge is 2.21. The van der Waals surface area contributed by atoms with Gasteiger partial charge in [0.15, 0.2) is 0 Å². The zero-order chi connectivity index (χ0) is 12.0. The molecule has 5 nitrogen and oxygen atoms in total. The number of aliphatic hydroxyl groups excluding tert-OH is 1. The highest BCUT2D eigenvalue weighted by atomic mass is 31.2. The quantitative estimate of drug-likeness (QED) is 0.572. The minimum absolute atomic E-state index is 0.00874. The molecular weight excluding hydrogens is 231 g/mol. The molecule has 2 atom stereocenters. The summed E-state index contributed by atoms with van der Waals surface area (Å²) < 4.78 is 26.7. The number of aliphatic hydroxyl groups is 1. The normalized spacial score (nSPS) is 25.9. The summed E-state index contributed by atoms with van der Waals surface area (Å²) in [6.45, 7) is 0.327. The second-order valence-corrected chi connectivity index (χ2v) is 6.07. The third kappa shape index (κ3) is 4.36. The smallest absolute Gasteiger partial charge is 0.330 e. The van der Waals surface area contributed by atoms with E-state index in [1.54, 1.807) is 6.08 Å². The number of rotatable bonds is 6. The van der Waals surface area contributed by atoms with E-state index in [2.05, 4.69) is 0 Å². The molecule has 1 N–H and O–H groups in total. The summed E-state index contributed by atoms with van der Waals surface area (Å²) in [5.41, 5.74) is 0. The SMILES string of the molecule is COP(=O)(CCC[C@H]1C=C[C@H](O)CO1)OC. The van der Waals surface area contributed by atoms with Crippen molar-refractivity contribution in [1.29, 1.82) is 0 Å². The second-order valence-electron chi connectivity index (χ2n) is 3.67. The van der Waals surface area contributed by atoms with Crippen molar-refractivity contribution in [3.05, 3.63) is 12.2 Å². The van der Waals surface area contributed by atoms with Gasteiger partial charge in [0.2, 0.25) is 0 Å². The van der Waals surface area contributed by atoms with E-state index in [0.717, 1.165) is 6.42 Å². The van der Waals surface area contributed by atoms with Crippen molar-refractivity contribution >= 4 is 7.60 Å². The third-order valence-corrected chi connectivity index (χ3v) is 4.48. The van der Waals surface area contributed by atoms with Crippen LogP contribution in [0.15, 0.2) is 12.2 Å². The predicted molar refractivity (Wildman–Crippen MR) is 60.6 cm³/mol. The molecule has 0 aromatic carbocycles. The molecule has 0 radical (unpaired) electrons. The molecule has 0 saturated heterocycles. The molecule has 1 rings (SSSR count). The van der Waals surface area contributed by atoms with E-state index in [0.29, 0.717) is 19.2 Å². The summed E-state index contributed by atoms with van der Waals surface area (Å²) in [6.07, 6.45) is 4.88. The standard InChI is InChI=1S/C10H19O5P/c1-13-16(12,14-2)7-3-4-10-6-5-9(11)8-15-10/h5-6,9-11H,3-4,7-8H2,1-2H3/t9-,10-/m0/s1. The lowest BCUT2D eigenvalue weighted by Gasteiger charge is -2.21. The Morgan fingerprint density at radius 3 is 2.62 bits per heavy atom. The average molecular weight is 250 g/mol. The summed E-state index contributed by atoms with van der Waals surface area (Å²) >= 11 is 0. The van der Waals surface area contributed by atoms with Crippen molar-refractivity contribution in [2.45, 2.75) is 25.0 Å². The predicted octanol–water partition coefficient (Wildman–Crippen LogP) is 1.57. The number of ether oxygens (including phenoxy) is 1. The van der Waals surface area contributed by atoms with Gasteiger partial charge in [0, 0.05) is 14.2 Å². The number of hydrogen-bond donors (Lipinski definition) is 1. The molecule has 0 unspecified atom stereocenters. The second kappa shape index (κ2) is 6.52. The largest absolute Gasteiger partial charge is 0.387 e. The van der Waals surface area contributed by atoms with Crippen LogP contribution in [0.2, 0.25) is 0 Å². The molecule has 0 aromatic heterocycles. The van der Waals surface area contributed by atoms with Crippen LogP contribution in [0, 0.1) is 0 Å². The lowest BCUT2D eigenvalue weighted by atomic mass is 10.1.